The molecule has 0 N–H and O–H groups in total. The maximum atomic E-state index is 11.8. The molecule has 0 saturated carbocycles. The first-order valence-electron chi connectivity index (χ1n) is 5.94. The average Bonchev–Trinajstić information content (AvgIpc) is 2.38. The number of aryl methyl sites for hydroxylation is 2. The fraction of sp³-hybridized carbons (Fsp3) is 0.188. The Kier molecular flexibility index (Phi) is 3.78. The summed E-state index contributed by atoms with van der Waals surface area (Å²) >= 11 is 0. The van der Waals surface area contributed by atoms with Crippen LogP contribution in [0.3, 0.4) is 0 Å². The molecule has 0 amide bonds. The van der Waals surface area contributed by atoms with Gasteiger partial charge in [-0.3, -0.25) is 0 Å². The van der Waals surface area contributed by atoms with E-state index in [1.54, 1.807) is 12.1 Å². The second kappa shape index (κ2) is 5.50. The average molecular weight is 240 g/mol. The molecule has 0 aliphatic heterocycles. The molecule has 0 spiro atoms. The van der Waals surface area contributed by atoms with E-state index in [9.17, 15) is 4.79 Å². The zero-order valence-electron chi connectivity index (χ0n) is 10.6. The van der Waals surface area contributed by atoms with Gasteiger partial charge >= 0.3 is 5.97 Å². The molecule has 0 radical (unpaired) electrons. The Balaban J connectivity index is 1.96. The van der Waals surface area contributed by atoms with Crippen LogP contribution in [-0.2, 0) is 11.3 Å². The Labute approximate surface area is 107 Å². The van der Waals surface area contributed by atoms with Crippen molar-refractivity contribution in [2.24, 2.45) is 0 Å². The van der Waals surface area contributed by atoms with Gasteiger partial charge < -0.3 is 4.74 Å². The largest absolute Gasteiger partial charge is 0.457 e. The van der Waals surface area contributed by atoms with Gasteiger partial charge in [0.25, 0.3) is 0 Å². The van der Waals surface area contributed by atoms with Gasteiger partial charge in [-0.05, 0) is 31.5 Å². The molecule has 0 unspecified atom stereocenters. The molecular weight excluding hydrogens is 224 g/mol. The van der Waals surface area contributed by atoms with Gasteiger partial charge in [0.15, 0.2) is 0 Å². The third-order valence-electron chi connectivity index (χ3n) is 2.78. The Hall–Kier alpha value is -2.09. The van der Waals surface area contributed by atoms with Crippen LogP contribution in [0.5, 0.6) is 0 Å². The molecule has 18 heavy (non-hydrogen) atoms. The van der Waals surface area contributed by atoms with E-state index in [0.717, 1.165) is 11.1 Å². The van der Waals surface area contributed by atoms with Crippen molar-refractivity contribution in [3.63, 3.8) is 0 Å². The quantitative estimate of drug-likeness (QED) is 0.765. The molecule has 2 heteroatoms. The molecule has 2 aromatic rings. The maximum absolute atomic E-state index is 11.8. The molecule has 0 aromatic heterocycles. The van der Waals surface area contributed by atoms with Gasteiger partial charge in [-0.25, -0.2) is 4.79 Å². The van der Waals surface area contributed by atoms with Gasteiger partial charge in [0.1, 0.15) is 6.61 Å². The van der Waals surface area contributed by atoms with E-state index in [-0.39, 0.29) is 5.97 Å². The third kappa shape index (κ3) is 3.20. The summed E-state index contributed by atoms with van der Waals surface area (Å²) in [6.45, 7) is 4.33. The van der Waals surface area contributed by atoms with Crippen molar-refractivity contribution < 1.29 is 9.53 Å². The number of ether oxygens (including phenoxy) is 1. The molecule has 0 atom stereocenters. The highest BCUT2D eigenvalue weighted by Crippen LogP contribution is 2.08. The summed E-state index contributed by atoms with van der Waals surface area (Å²) in [6, 6.07) is 15.3. The smallest absolute Gasteiger partial charge is 0.338 e. The molecule has 0 bridgehead atoms. The van der Waals surface area contributed by atoms with Gasteiger partial charge in [0, 0.05) is 0 Å². The summed E-state index contributed by atoms with van der Waals surface area (Å²) in [6.07, 6.45) is 0. The first kappa shape index (κ1) is 12.4. The number of esters is 1. The third-order valence-corrected chi connectivity index (χ3v) is 2.78. The lowest BCUT2D eigenvalue weighted by atomic mass is 10.1. The van der Waals surface area contributed by atoms with Crippen molar-refractivity contribution in [2.75, 3.05) is 0 Å². The van der Waals surface area contributed by atoms with Crippen molar-refractivity contribution in [3.05, 3.63) is 70.8 Å². The second-order valence-corrected chi connectivity index (χ2v) is 4.43. The van der Waals surface area contributed by atoms with E-state index in [1.165, 1.54) is 5.56 Å². The molecule has 2 aromatic carbocycles. The summed E-state index contributed by atoms with van der Waals surface area (Å²) in [4.78, 5) is 11.8. The lowest BCUT2D eigenvalue weighted by molar-refractivity contribution is 0.0472. The molecular formula is C16H16O2. The number of rotatable bonds is 3. The van der Waals surface area contributed by atoms with E-state index < -0.39 is 0 Å². The lowest BCUT2D eigenvalue weighted by Crippen LogP contribution is -2.05. The Morgan fingerprint density at radius 3 is 1.94 bits per heavy atom. The molecule has 92 valence electrons. The van der Waals surface area contributed by atoms with Gasteiger partial charge in [-0.1, -0.05) is 47.5 Å². The highest BCUT2D eigenvalue weighted by Gasteiger charge is 2.06. The minimum absolute atomic E-state index is 0.282. The predicted octanol–water partition coefficient (Wildman–Crippen LogP) is 3.66. The van der Waals surface area contributed by atoms with Crippen LogP contribution in [0.2, 0.25) is 0 Å². The van der Waals surface area contributed by atoms with E-state index in [0.29, 0.717) is 12.2 Å². The standard InChI is InChI=1S/C16H16O2/c1-12-3-7-14(8-4-12)11-18-16(17)15-9-5-13(2)6-10-15/h3-10H,11H2,1-2H3. The molecule has 0 saturated heterocycles. The van der Waals surface area contributed by atoms with E-state index >= 15 is 0 Å². The van der Waals surface area contributed by atoms with Crippen LogP contribution in [0.4, 0.5) is 0 Å². The van der Waals surface area contributed by atoms with Gasteiger partial charge in [0.05, 0.1) is 5.56 Å². The van der Waals surface area contributed by atoms with Crippen LogP contribution in [0.1, 0.15) is 27.0 Å². The molecule has 0 fully saturated rings. The van der Waals surface area contributed by atoms with Gasteiger partial charge in [0.2, 0.25) is 0 Å². The maximum Gasteiger partial charge on any atom is 0.338 e. The molecule has 2 nitrogen and oxygen atoms in total. The van der Waals surface area contributed by atoms with Gasteiger partial charge in [-0.2, -0.15) is 0 Å². The zero-order valence-corrected chi connectivity index (χ0v) is 10.6. The van der Waals surface area contributed by atoms with Crippen LogP contribution in [-0.4, -0.2) is 5.97 Å². The first-order valence-corrected chi connectivity index (χ1v) is 5.94. The number of benzene rings is 2. The topological polar surface area (TPSA) is 26.3 Å². The Bertz CT molecular complexity index is 524. The molecule has 0 aliphatic rings. The summed E-state index contributed by atoms with van der Waals surface area (Å²) in [5.74, 6) is -0.282. The van der Waals surface area contributed by atoms with E-state index in [1.807, 2.05) is 50.2 Å². The van der Waals surface area contributed by atoms with Crippen LogP contribution < -0.4 is 0 Å². The van der Waals surface area contributed by atoms with Crippen LogP contribution >= 0.6 is 0 Å². The Morgan fingerprint density at radius 2 is 1.39 bits per heavy atom. The van der Waals surface area contributed by atoms with Crippen molar-refractivity contribution >= 4 is 5.97 Å². The number of hydrogen-bond acceptors (Lipinski definition) is 2. The Morgan fingerprint density at radius 1 is 0.889 bits per heavy atom. The van der Waals surface area contributed by atoms with Crippen LogP contribution in [0, 0.1) is 13.8 Å². The highest BCUT2D eigenvalue weighted by atomic mass is 16.5. The second-order valence-electron chi connectivity index (χ2n) is 4.43. The minimum atomic E-state index is -0.282. The van der Waals surface area contributed by atoms with Crippen molar-refractivity contribution in [1.82, 2.24) is 0 Å². The monoisotopic (exact) mass is 240 g/mol. The predicted molar refractivity (Wildman–Crippen MR) is 71.5 cm³/mol. The van der Waals surface area contributed by atoms with E-state index in [4.69, 9.17) is 4.74 Å². The van der Waals surface area contributed by atoms with Crippen LogP contribution in [0.15, 0.2) is 48.5 Å². The van der Waals surface area contributed by atoms with Crippen LogP contribution in [0.25, 0.3) is 0 Å². The number of hydrogen-bond donors (Lipinski definition) is 0. The molecule has 2 rings (SSSR count). The van der Waals surface area contributed by atoms with Gasteiger partial charge in [-0.15, -0.1) is 0 Å². The van der Waals surface area contributed by atoms with Crippen molar-refractivity contribution in [3.8, 4) is 0 Å². The number of carbonyl (C=O) groups excluding carboxylic acids is 1. The fourth-order valence-corrected chi connectivity index (χ4v) is 1.61. The molecule has 0 heterocycles. The SMILES string of the molecule is Cc1ccc(COC(=O)c2ccc(C)cc2)cc1. The van der Waals surface area contributed by atoms with E-state index in [2.05, 4.69) is 0 Å². The highest BCUT2D eigenvalue weighted by molar-refractivity contribution is 5.89. The number of carbonyl (C=O) groups is 1. The summed E-state index contributed by atoms with van der Waals surface area (Å²) in [7, 11) is 0. The fourth-order valence-electron chi connectivity index (χ4n) is 1.61. The summed E-state index contributed by atoms with van der Waals surface area (Å²) in [5, 5.41) is 0. The lowest BCUT2D eigenvalue weighted by Gasteiger charge is -2.05. The van der Waals surface area contributed by atoms with Crippen molar-refractivity contribution in [1.29, 1.82) is 0 Å². The summed E-state index contributed by atoms with van der Waals surface area (Å²) < 4.78 is 5.25. The normalized spacial score (nSPS) is 10.1. The minimum Gasteiger partial charge on any atom is -0.457 e. The first-order chi connectivity index (χ1) is 8.65. The van der Waals surface area contributed by atoms with Crippen molar-refractivity contribution in [2.45, 2.75) is 20.5 Å². The summed E-state index contributed by atoms with van der Waals surface area (Å²) in [5.41, 5.74) is 3.92. The molecule has 0 aliphatic carbocycles. The zero-order chi connectivity index (χ0) is 13.0.